The fraction of sp³-hybridized carbons (Fsp3) is 0.588. The maximum atomic E-state index is 13.8. The van der Waals surface area contributed by atoms with Gasteiger partial charge in [-0.05, 0) is 43.1 Å². The van der Waals surface area contributed by atoms with Crippen LogP contribution >= 0.6 is 11.3 Å². The fourth-order valence-corrected chi connectivity index (χ4v) is 7.70. The number of Topliss-reactive ketones (excluding diaryl/α,β-unsaturated/α-hetero) is 1. The van der Waals surface area contributed by atoms with Crippen molar-refractivity contribution in [1.29, 1.82) is 0 Å². The second-order valence-electron chi connectivity index (χ2n) is 12.0. The van der Waals surface area contributed by atoms with Gasteiger partial charge in [0, 0.05) is 23.9 Å². The van der Waals surface area contributed by atoms with Crippen molar-refractivity contribution < 1.29 is 14.4 Å². The van der Waals surface area contributed by atoms with Crippen LogP contribution in [-0.2, 0) is 9.63 Å². The highest BCUT2D eigenvalue weighted by molar-refractivity contribution is 7.21. The van der Waals surface area contributed by atoms with E-state index in [1.54, 1.807) is 0 Å². The minimum absolute atomic E-state index is 0.0917. The van der Waals surface area contributed by atoms with Gasteiger partial charge in [0.25, 0.3) is 0 Å². The van der Waals surface area contributed by atoms with Crippen LogP contribution in [0, 0.1) is 5.92 Å². The predicted molar refractivity (Wildman–Crippen MR) is 169 cm³/mol. The van der Waals surface area contributed by atoms with Crippen molar-refractivity contribution in [2.75, 3.05) is 0 Å². The fourth-order valence-electron chi connectivity index (χ4n) is 6.72. The third kappa shape index (κ3) is 7.17. The Hall–Kier alpha value is -2.80. The number of thiazole rings is 1. The molecule has 0 spiro atoms. The highest BCUT2D eigenvalue weighted by atomic mass is 32.1. The molecular formula is C34H45N3O3S. The van der Waals surface area contributed by atoms with Gasteiger partial charge in [-0.2, -0.15) is 0 Å². The van der Waals surface area contributed by atoms with Gasteiger partial charge in [0.05, 0.1) is 10.2 Å². The van der Waals surface area contributed by atoms with Crippen molar-refractivity contribution in [2.45, 2.75) is 122 Å². The lowest BCUT2D eigenvalue weighted by Gasteiger charge is -2.40. The summed E-state index contributed by atoms with van der Waals surface area (Å²) in [4.78, 5) is 40.2. The zero-order valence-corrected chi connectivity index (χ0v) is 25.6. The lowest BCUT2D eigenvalue weighted by molar-refractivity contribution is -0.114. The SMILES string of the molecule is CCCCC(CC)CC(=O)/C(=N\OC(=O)N(C1CCCCC1)C1CCCCC1)c1nc2c(ccc3ccccc32)s1. The van der Waals surface area contributed by atoms with E-state index in [1.807, 2.05) is 17.0 Å². The average molecular weight is 576 g/mol. The molecule has 1 aromatic heterocycles. The number of aromatic nitrogens is 1. The first-order valence-corrected chi connectivity index (χ1v) is 16.8. The molecule has 2 aliphatic rings. The van der Waals surface area contributed by atoms with E-state index in [4.69, 9.17) is 9.82 Å². The minimum Gasteiger partial charge on any atom is -0.300 e. The predicted octanol–water partition coefficient (Wildman–Crippen LogP) is 9.43. The first kappa shape index (κ1) is 29.7. The summed E-state index contributed by atoms with van der Waals surface area (Å²) in [7, 11) is 0. The summed E-state index contributed by atoms with van der Waals surface area (Å²) >= 11 is 1.45. The second kappa shape index (κ2) is 14.4. The van der Waals surface area contributed by atoms with Crippen molar-refractivity contribution >= 4 is 49.9 Å². The summed E-state index contributed by atoms with van der Waals surface area (Å²) < 4.78 is 0.995. The highest BCUT2D eigenvalue weighted by Crippen LogP contribution is 2.32. The summed E-state index contributed by atoms with van der Waals surface area (Å²) in [5.74, 6) is 0.186. The van der Waals surface area contributed by atoms with Crippen LogP contribution in [-0.4, -0.2) is 39.6 Å². The molecule has 2 saturated carbocycles. The molecule has 7 heteroatoms. The minimum atomic E-state index is -0.404. The standard InChI is InChI=1S/C34H45N3O3S/c1-3-5-14-24(4-2)23-29(38)32(33-35-31-28-20-13-12-15-25(28)21-22-30(31)41-33)36-40-34(39)37(26-16-8-6-9-17-26)27-18-10-7-11-19-27/h12-13,15,20-22,24,26-27H,3-11,14,16-19,23H2,1-2H3/b36-32+. The first-order valence-electron chi connectivity index (χ1n) is 16.0. The Kier molecular flexibility index (Phi) is 10.4. The van der Waals surface area contributed by atoms with Gasteiger partial charge >= 0.3 is 6.09 Å². The zero-order valence-electron chi connectivity index (χ0n) is 24.8. The molecule has 0 bridgehead atoms. The van der Waals surface area contributed by atoms with Crippen LogP contribution in [0.4, 0.5) is 4.79 Å². The van der Waals surface area contributed by atoms with E-state index in [0.717, 1.165) is 98.0 Å². The molecule has 41 heavy (non-hydrogen) atoms. The second-order valence-corrected chi connectivity index (χ2v) is 13.0. The molecule has 1 heterocycles. The van der Waals surface area contributed by atoms with Crippen molar-refractivity contribution in [1.82, 2.24) is 9.88 Å². The maximum Gasteiger partial charge on any atom is 0.436 e. The van der Waals surface area contributed by atoms with E-state index < -0.39 is 6.09 Å². The van der Waals surface area contributed by atoms with Crippen LogP contribution in [0.5, 0.6) is 0 Å². The molecule has 2 fully saturated rings. The van der Waals surface area contributed by atoms with Gasteiger partial charge in [-0.15, -0.1) is 11.3 Å². The molecule has 0 aliphatic heterocycles. The van der Waals surface area contributed by atoms with E-state index >= 15 is 0 Å². The number of hydrogen-bond donors (Lipinski definition) is 0. The van der Waals surface area contributed by atoms with Crippen LogP contribution in [0.25, 0.3) is 21.0 Å². The Morgan fingerprint density at radius 2 is 1.66 bits per heavy atom. The summed E-state index contributed by atoms with van der Waals surface area (Å²) in [5.41, 5.74) is 1.05. The topological polar surface area (TPSA) is 71.9 Å². The van der Waals surface area contributed by atoms with Gasteiger partial charge in [-0.1, -0.05) is 114 Å². The van der Waals surface area contributed by atoms with Crippen LogP contribution in [0.2, 0.25) is 0 Å². The molecule has 5 rings (SSSR count). The lowest BCUT2D eigenvalue weighted by Crippen LogP contribution is -2.48. The number of hydrogen-bond acceptors (Lipinski definition) is 6. The van der Waals surface area contributed by atoms with Crippen molar-refractivity contribution in [3.8, 4) is 0 Å². The Balaban J connectivity index is 1.46. The Morgan fingerprint density at radius 1 is 0.976 bits per heavy atom. The number of carbonyl (C=O) groups excluding carboxylic acids is 2. The van der Waals surface area contributed by atoms with Crippen LogP contribution < -0.4 is 0 Å². The highest BCUT2D eigenvalue weighted by Gasteiger charge is 2.34. The summed E-state index contributed by atoms with van der Waals surface area (Å²) in [6, 6.07) is 12.7. The Labute approximate surface area is 248 Å². The van der Waals surface area contributed by atoms with Gasteiger partial charge in [0.1, 0.15) is 5.01 Å². The quantitative estimate of drug-likeness (QED) is 0.130. The molecule has 2 aliphatic carbocycles. The number of rotatable bonds is 11. The number of amides is 1. The van der Waals surface area contributed by atoms with Crippen LogP contribution in [0.1, 0.15) is 115 Å². The molecule has 6 nitrogen and oxygen atoms in total. The van der Waals surface area contributed by atoms with Crippen molar-refractivity contribution in [3.63, 3.8) is 0 Å². The van der Waals surface area contributed by atoms with Crippen molar-refractivity contribution in [3.05, 3.63) is 41.4 Å². The summed E-state index contributed by atoms with van der Waals surface area (Å²) in [6.07, 6.45) is 15.2. The van der Waals surface area contributed by atoms with Gasteiger partial charge in [0.15, 0.2) is 11.5 Å². The molecule has 3 aromatic rings. The number of fused-ring (bicyclic) bond motifs is 3. The van der Waals surface area contributed by atoms with Gasteiger partial charge in [0.2, 0.25) is 0 Å². The largest absolute Gasteiger partial charge is 0.436 e. The summed E-state index contributed by atoms with van der Waals surface area (Å²) in [5, 5.41) is 7.05. The van der Waals surface area contributed by atoms with Crippen molar-refractivity contribution in [2.24, 2.45) is 11.1 Å². The Bertz CT molecular complexity index is 1340. The molecule has 220 valence electrons. The normalized spacial score (nSPS) is 18.0. The molecule has 0 radical (unpaired) electrons. The van der Waals surface area contributed by atoms with E-state index in [2.05, 4.69) is 43.3 Å². The van der Waals surface area contributed by atoms with Gasteiger partial charge < -0.3 is 4.90 Å². The molecular weight excluding hydrogens is 530 g/mol. The molecule has 1 amide bonds. The van der Waals surface area contributed by atoms with E-state index in [1.165, 1.54) is 24.2 Å². The smallest absolute Gasteiger partial charge is 0.300 e. The molecule has 1 atom stereocenters. The number of oxime groups is 1. The van der Waals surface area contributed by atoms with Crippen LogP contribution in [0.15, 0.2) is 41.6 Å². The van der Waals surface area contributed by atoms with Crippen LogP contribution in [0.3, 0.4) is 0 Å². The first-order chi connectivity index (χ1) is 20.1. The van der Waals surface area contributed by atoms with Gasteiger partial charge in [-0.25, -0.2) is 9.78 Å². The van der Waals surface area contributed by atoms with E-state index in [-0.39, 0.29) is 29.5 Å². The average Bonchev–Trinajstić information content (AvgIpc) is 3.45. The molecule has 2 aromatic carbocycles. The third-order valence-corrected chi connectivity index (χ3v) is 10.2. The van der Waals surface area contributed by atoms with E-state index in [9.17, 15) is 9.59 Å². The molecule has 0 N–H and O–H groups in total. The zero-order chi connectivity index (χ0) is 28.6. The number of nitrogens with zero attached hydrogens (tertiary/aromatic N) is 3. The number of unbranched alkanes of at least 4 members (excludes halogenated alkanes) is 1. The number of carbonyl (C=O) groups is 2. The Morgan fingerprint density at radius 3 is 2.32 bits per heavy atom. The maximum absolute atomic E-state index is 13.8. The van der Waals surface area contributed by atoms with E-state index in [0.29, 0.717) is 11.4 Å². The molecule has 1 unspecified atom stereocenters. The lowest BCUT2D eigenvalue weighted by atomic mass is 9.89. The summed E-state index contributed by atoms with van der Waals surface area (Å²) in [6.45, 7) is 4.32. The monoisotopic (exact) mass is 575 g/mol. The number of ketones is 1. The third-order valence-electron chi connectivity index (χ3n) is 9.13. The van der Waals surface area contributed by atoms with Gasteiger partial charge in [-0.3, -0.25) is 9.63 Å². The molecule has 0 saturated heterocycles. The number of benzene rings is 2.